The van der Waals surface area contributed by atoms with Gasteiger partial charge >= 0.3 is 0 Å². The summed E-state index contributed by atoms with van der Waals surface area (Å²) in [5.74, 6) is 1.39. The molecule has 1 atom stereocenters. The van der Waals surface area contributed by atoms with Crippen LogP contribution in [0.2, 0.25) is 0 Å². The van der Waals surface area contributed by atoms with Gasteiger partial charge < -0.3 is 5.32 Å². The van der Waals surface area contributed by atoms with E-state index in [0.717, 1.165) is 17.4 Å². The molecule has 1 heterocycles. The van der Waals surface area contributed by atoms with Crippen LogP contribution in [0.3, 0.4) is 0 Å². The van der Waals surface area contributed by atoms with Crippen molar-refractivity contribution in [3.05, 3.63) is 12.4 Å². The van der Waals surface area contributed by atoms with Gasteiger partial charge in [0.1, 0.15) is 0 Å². The van der Waals surface area contributed by atoms with Crippen LogP contribution in [0, 0.1) is 5.92 Å². The maximum absolute atomic E-state index is 4.21. The van der Waals surface area contributed by atoms with Crippen LogP contribution in [0.1, 0.15) is 20.3 Å². The molecule has 0 saturated carbocycles. The highest BCUT2D eigenvalue weighted by Gasteiger charge is 2.00. The van der Waals surface area contributed by atoms with Crippen molar-refractivity contribution >= 4 is 17.7 Å². The van der Waals surface area contributed by atoms with Crippen molar-refractivity contribution in [2.45, 2.75) is 25.2 Å². The molecule has 0 aliphatic rings. The van der Waals surface area contributed by atoms with E-state index in [4.69, 9.17) is 0 Å². The summed E-state index contributed by atoms with van der Waals surface area (Å²) in [7, 11) is 0. The van der Waals surface area contributed by atoms with Crippen LogP contribution in [0.5, 0.6) is 0 Å². The van der Waals surface area contributed by atoms with Crippen LogP contribution in [0.25, 0.3) is 0 Å². The quantitative estimate of drug-likeness (QED) is 0.760. The molecule has 0 aromatic carbocycles. The van der Waals surface area contributed by atoms with Gasteiger partial charge in [0.25, 0.3) is 0 Å². The molecule has 0 aliphatic heterocycles. The van der Waals surface area contributed by atoms with Crippen molar-refractivity contribution in [2.75, 3.05) is 18.1 Å². The summed E-state index contributed by atoms with van der Waals surface area (Å²) in [5, 5.41) is 3.22. The van der Waals surface area contributed by atoms with Gasteiger partial charge in [0.05, 0.1) is 0 Å². The molecule has 14 heavy (non-hydrogen) atoms. The van der Waals surface area contributed by atoms with E-state index >= 15 is 0 Å². The van der Waals surface area contributed by atoms with Gasteiger partial charge in [-0.2, -0.15) is 0 Å². The first-order valence-corrected chi connectivity index (χ1v) is 6.08. The number of rotatable bonds is 5. The average Bonchev–Trinajstić information content (AvgIpc) is 2.26. The molecule has 0 aliphatic carbocycles. The molecule has 4 heteroatoms. The van der Waals surface area contributed by atoms with E-state index in [1.807, 2.05) is 18.6 Å². The van der Waals surface area contributed by atoms with E-state index < -0.39 is 0 Å². The van der Waals surface area contributed by atoms with E-state index in [2.05, 4.69) is 29.1 Å². The highest BCUT2D eigenvalue weighted by molar-refractivity contribution is 7.98. The second-order valence-corrected chi connectivity index (χ2v) is 4.22. The maximum atomic E-state index is 4.21. The molecule has 0 fully saturated rings. The Morgan fingerprint density at radius 2 is 2.07 bits per heavy atom. The van der Waals surface area contributed by atoms with Crippen LogP contribution in [0.15, 0.2) is 17.3 Å². The summed E-state index contributed by atoms with van der Waals surface area (Å²) in [6.07, 6.45) is 6.88. The lowest BCUT2D eigenvalue weighted by Gasteiger charge is -2.09. The predicted octanol–water partition coefficient (Wildman–Crippen LogP) is 2.66. The first-order chi connectivity index (χ1) is 6.76. The standard InChI is InChI=1S/C10H17N3S/c1-4-8(2)5-11-10-12-6-9(14-3)7-13-10/h6-8H,4-5H2,1-3H3,(H,11,12,13)/t8-/m1/s1. The van der Waals surface area contributed by atoms with Gasteiger partial charge in [0.15, 0.2) is 0 Å². The van der Waals surface area contributed by atoms with Gasteiger partial charge in [-0.3, -0.25) is 0 Å². The van der Waals surface area contributed by atoms with Crippen LogP contribution >= 0.6 is 11.8 Å². The van der Waals surface area contributed by atoms with Crippen molar-refractivity contribution < 1.29 is 0 Å². The van der Waals surface area contributed by atoms with E-state index in [9.17, 15) is 0 Å². The fourth-order valence-electron chi connectivity index (χ4n) is 0.923. The first kappa shape index (κ1) is 11.3. The van der Waals surface area contributed by atoms with Crippen LogP contribution < -0.4 is 5.32 Å². The zero-order valence-electron chi connectivity index (χ0n) is 8.95. The van der Waals surface area contributed by atoms with Crippen molar-refractivity contribution in [3.63, 3.8) is 0 Å². The van der Waals surface area contributed by atoms with Crippen molar-refractivity contribution in [3.8, 4) is 0 Å². The van der Waals surface area contributed by atoms with E-state index in [0.29, 0.717) is 5.92 Å². The first-order valence-electron chi connectivity index (χ1n) is 4.86. The molecule has 78 valence electrons. The normalized spacial score (nSPS) is 12.5. The molecule has 0 bridgehead atoms. The zero-order chi connectivity index (χ0) is 10.4. The Labute approximate surface area is 89.7 Å². The topological polar surface area (TPSA) is 37.8 Å². The highest BCUT2D eigenvalue weighted by atomic mass is 32.2. The smallest absolute Gasteiger partial charge is 0.222 e. The molecule has 0 unspecified atom stereocenters. The molecule has 1 N–H and O–H groups in total. The third-order valence-corrected chi connectivity index (χ3v) is 2.85. The Bertz CT molecular complexity index is 261. The second-order valence-electron chi connectivity index (χ2n) is 3.34. The molecule has 0 amide bonds. The third-order valence-electron chi connectivity index (χ3n) is 2.17. The van der Waals surface area contributed by atoms with Gasteiger partial charge in [-0.25, -0.2) is 9.97 Å². The Morgan fingerprint density at radius 1 is 1.43 bits per heavy atom. The van der Waals surface area contributed by atoms with Gasteiger partial charge in [-0.15, -0.1) is 11.8 Å². The predicted molar refractivity (Wildman–Crippen MR) is 61.8 cm³/mol. The van der Waals surface area contributed by atoms with Gasteiger partial charge in [0, 0.05) is 23.8 Å². The summed E-state index contributed by atoms with van der Waals surface area (Å²) in [6, 6.07) is 0. The number of aromatic nitrogens is 2. The lowest BCUT2D eigenvalue weighted by Crippen LogP contribution is -2.12. The van der Waals surface area contributed by atoms with Gasteiger partial charge in [-0.05, 0) is 12.2 Å². The highest BCUT2D eigenvalue weighted by Crippen LogP contribution is 2.12. The minimum atomic E-state index is 0.666. The minimum absolute atomic E-state index is 0.666. The van der Waals surface area contributed by atoms with E-state index in [1.165, 1.54) is 6.42 Å². The van der Waals surface area contributed by atoms with Crippen molar-refractivity contribution in [2.24, 2.45) is 5.92 Å². The van der Waals surface area contributed by atoms with Crippen molar-refractivity contribution in [1.29, 1.82) is 0 Å². The number of thioether (sulfide) groups is 1. The molecular formula is C10H17N3S. The molecular weight excluding hydrogens is 194 g/mol. The minimum Gasteiger partial charge on any atom is -0.354 e. The molecule has 1 aromatic rings. The summed E-state index contributed by atoms with van der Waals surface area (Å²) in [6.45, 7) is 5.34. The molecule has 0 spiro atoms. The maximum Gasteiger partial charge on any atom is 0.222 e. The van der Waals surface area contributed by atoms with Crippen LogP contribution in [0.4, 0.5) is 5.95 Å². The Kier molecular flexibility index (Phi) is 4.73. The zero-order valence-corrected chi connectivity index (χ0v) is 9.77. The SMILES string of the molecule is CC[C@@H](C)CNc1ncc(SC)cn1. The van der Waals surface area contributed by atoms with Crippen LogP contribution in [-0.2, 0) is 0 Å². The number of hydrogen-bond donors (Lipinski definition) is 1. The lowest BCUT2D eigenvalue weighted by atomic mass is 10.1. The molecule has 1 aromatic heterocycles. The fraction of sp³-hybridized carbons (Fsp3) is 0.600. The summed E-state index contributed by atoms with van der Waals surface area (Å²) >= 11 is 1.65. The Morgan fingerprint density at radius 3 is 2.57 bits per heavy atom. The summed E-state index contributed by atoms with van der Waals surface area (Å²) in [4.78, 5) is 9.52. The fourth-order valence-corrected chi connectivity index (χ4v) is 1.24. The molecule has 1 rings (SSSR count). The van der Waals surface area contributed by atoms with Gasteiger partial charge in [-0.1, -0.05) is 20.3 Å². The van der Waals surface area contributed by atoms with Crippen molar-refractivity contribution in [1.82, 2.24) is 9.97 Å². The van der Waals surface area contributed by atoms with E-state index in [1.54, 1.807) is 11.8 Å². The molecule has 0 radical (unpaired) electrons. The third kappa shape index (κ3) is 3.54. The Hall–Kier alpha value is -0.770. The average molecular weight is 211 g/mol. The van der Waals surface area contributed by atoms with Crippen LogP contribution in [-0.4, -0.2) is 22.8 Å². The largest absolute Gasteiger partial charge is 0.354 e. The number of anilines is 1. The lowest BCUT2D eigenvalue weighted by molar-refractivity contribution is 0.591. The number of nitrogens with zero attached hydrogens (tertiary/aromatic N) is 2. The number of nitrogens with one attached hydrogen (secondary N) is 1. The number of hydrogen-bond acceptors (Lipinski definition) is 4. The Balaban J connectivity index is 2.43. The monoisotopic (exact) mass is 211 g/mol. The molecule has 3 nitrogen and oxygen atoms in total. The van der Waals surface area contributed by atoms with Gasteiger partial charge in [0.2, 0.25) is 5.95 Å². The second kappa shape index (κ2) is 5.86. The van der Waals surface area contributed by atoms with E-state index in [-0.39, 0.29) is 0 Å². The molecule has 0 saturated heterocycles. The summed E-state index contributed by atoms with van der Waals surface area (Å²) < 4.78 is 0. The summed E-state index contributed by atoms with van der Waals surface area (Å²) in [5.41, 5.74) is 0.